The van der Waals surface area contributed by atoms with Crippen molar-refractivity contribution in [2.75, 3.05) is 0 Å². The van der Waals surface area contributed by atoms with E-state index >= 15 is 0 Å². The van der Waals surface area contributed by atoms with Gasteiger partial charge in [0.15, 0.2) is 5.78 Å². The van der Waals surface area contributed by atoms with Crippen LogP contribution in [0.5, 0.6) is 0 Å². The molecule has 1 aliphatic carbocycles. The minimum Gasteiger partial charge on any atom is -0.342 e. The molecule has 2 rings (SSSR count). The van der Waals surface area contributed by atoms with Gasteiger partial charge in [0.25, 0.3) is 0 Å². The fourth-order valence-corrected chi connectivity index (χ4v) is 3.08. The zero-order valence-electron chi connectivity index (χ0n) is 13.9. The predicted octanol–water partition coefficient (Wildman–Crippen LogP) is 4.04. The number of amides is 1. The topological polar surface area (TPSA) is 46.2 Å². The Kier molecular flexibility index (Phi) is 5.38. The summed E-state index contributed by atoms with van der Waals surface area (Å²) in [7, 11) is 0. The average molecular weight is 301 g/mol. The summed E-state index contributed by atoms with van der Waals surface area (Å²) in [5, 5.41) is 2.98. The van der Waals surface area contributed by atoms with E-state index in [0.717, 1.165) is 18.4 Å². The summed E-state index contributed by atoms with van der Waals surface area (Å²) >= 11 is 0. The van der Waals surface area contributed by atoms with Gasteiger partial charge in [0.05, 0.1) is 0 Å². The highest BCUT2D eigenvalue weighted by atomic mass is 16.2. The average Bonchev–Trinajstić information content (AvgIpc) is 2.97. The molecule has 0 saturated heterocycles. The number of rotatable bonds is 5. The predicted molar refractivity (Wildman–Crippen MR) is 88.4 cm³/mol. The zero-order chi connectivity index (χ0) is 16.2. The van der Waals surface area contributed by atoms with Gasteiger partial charge in [0.2, 0.25) is 5.91 Å². The van der Waals surface area contributed by atoms with Crippen LogP contribution in [-0.4, -0.2) is 11.7 Å². The lowest BCUT2D eigenvalue weighted by Crippen LogP contribution is -2.39. The maximum absolute atomic E-state index is 12.7. The molecule has 0 aliphatic heterocycles. The van der Waals surface area contributed by atoms with Gasteiger partial charge in [-0.3, -0.25) is 9.59 Å². The maximum atomic E-state index is 12.7. The van der Waals surface area contributed by atoms with Gasteiger partial charge < -0.3 is 5.32 Å². The van der Waals surface area contributed by atoms with Crippen molar-refractivity contribution in [2.24, 2.45) is 11.3 Å². The fourth-order valence-electron chi connectivity index (χ4n) is 3.08. The Morgan fingerprint density at radius 3 is 2.27 bits per heavy atom. The van der Waals surface area contributed by atoms with E-state index in [1.54, 1.807) is 0 Å². The van der Waals surface area contributed by atoms with Gasteiger partial charge in [-0.1, -0.05) is 63.9 Å². The number of hydrogen-bond acceptors (Lipinski definition) is 2. The van der Waals surface area contributed by atoms with Crippen molar-refractivity contribution in [3.63, 3.8) is 0 Å². The normalized spacial score (nSPS) is 17.2. The molecule has 0 spiro atoms. The Morgan fingerprint density at radius 1 is 1.14 bits per heavy atom. The number of nitrogens with one attached hydrogen (secondary N) is 1. The molecule has 0 unspecified atom stereocenters. The van der Waals surface area contributed by atoms with Crippen molar-refractivity contribution < 1.29 is 9.59 Å². The van der Waals surface area contributed by atoms with Crippen LogP contribution >= 0.6 is 0 Å². The number of benzene rings is 1. The van der Waals surface area contributed by atoms with E-state index in [4.69, 9.17) is 0 Å². The SMILES string of the molecule is CC(C)(C)C(=O)[C@H](NC(=O)CC1CCCC1)c1ccccc1. The molecule has 22 heavy (non-hydrogen) atoms. The fraction of sp³-hybridized carbons (Fsp3) is 0.579. The van der Waals surface area contributed by atoms with E-state index in [1.165, 1.54) is 12.8 Å². The summed E-state index contributed by atoms with van der Waals surface area (Å²) in [5.41, 5.74) is 0.378. The molecule has 0 bridgehead atoms. The summed E-state index contributed by atoms with van der Waals surface area (Å²) in [6, 6.07) is 9.00. The van der Waals surface area contributed by atoms with Crippen molar-refractivity contribution in [1.82, 2.24) is 5.32 Å². The van der Waals surface area contributed by atoms with Gasteiger partial charge in [-0.05, 0) is 24.3 Å². The summed E-state index contributed by atoms with van der Waals surface area (Å²) in [4.78, 5) is 25.1. The molecule has 120 valence electrons. The second-order valence-corrected chi connectivity index (χ2v) is 7.38. The van der Waals surface area contributed by atoms with Crippen LogP contribution in [0.25, 0.3) is 0 Å². The highest BCUT2D eigenvalue weighted by Crippen LogP contribution is 2.29. The summed E-state index contributed by atoms with van der Waals surface area (Å²) in [5.74, 6) is 0.540. The monoisotopic (exact) mass is 301 g/mol. The molecule has 1 aliphatic rings. The van der Waals surface area contributed by atoms with Crippen LogP contribution in [0.15, 0.2) is 30.3 Å². The third kappa shape index (κ3) is 4.43. The number of ketones is 1. The third-order valence-corrected chi connectivity index (χ3v) is 4.39. The Hall–Kier alpha value is -1.64. The molecule has 3 nitrogen and oxygen atoms in total. The first-order valence-corrected chi connectivity index (χ1v) is 8.26. The highest BCUT2D eigenvalue weighted by Gasteiger charge is 2.32. The molecule has 1 N–H and O–H groups in total. The van der Waals surface area contributed by atoms with Gasteiger partial charge in [-0.15, -0.1) is 0 Å². The quantitative estimate of drug-likeness (QED) is 0.892. The molecule has 1 atom stereocenters. The molecular formula is C19H27NO2. The number of carbonyl (C=O) groups excluding carboxylic acids is 2. The molecule has 0 aromatic heterocycles. The molecule has 0 radical (unpaired) electrons. The van der Waals surface area contributed by atoms with Crippen LogP contribution in [0, 0.1) is 11.3 Å². The van der Waals surface area contributed by atoms with Crippen molar-refractivity contribution in [3.05, 3.63) is 35.9 Å². The Morgan fingerprint density at radius 2 is 1.73 bits per heavy atom. The largest absolute Gasteiger partial charge is 0.342 e. The van der Waals surface area contributed by atoms with E-state index < -0.39 is 11.5 Å². The lowest BCUT2D eigenvalue weighted by atomic mass is 9.83. The lowest BCUT2D eigenvalue weighted by molar-refractivity contribution is -0.133. The second kappa shape index (κ2) is 7.08. The van der Waals surface area contributed by atoms with Gasteiger partial charge in [0.1, 0.15) is 6.04 Å². The first kappa shape index (κ1) is 16.7. The van der Waals surface area contributed by atoms with Crippen molar-refractivity contribution in [1.29, 1.82) is 0 Å². The van der Waals surface area contributed by atoms with Crippen LogP contribution in [0.4, 0.5) is 0 Å². The van der Waals surface area contributed by atoms with E-state index in [0.29, 0.717) is 12.3 Å². The van der Waals surface area contributed by atoms with E-state index in [9.17, 15) is 9.59 Å². The summed E-state index contributed by atoms with van der Waals surface area (Å²) in [6.45, 7) is 5.69. The van der Waals surface area contributed by atoms with Crippen LogP contribution in [0.2, 0.25) is 0 Å². The molecule has 1 fully saturated rings. The van der Waals surface area contributed by atoms with E-state index in [2.05, 4.69) is 5.32 Å². The second-order valence-electron chi connectivity index (χ2n) is 7.38. The maximum Gasteiger partial charge on any atom is 0.221 e. The molecule has 0 heterocycles. The first-order chi connectivity index (χ1) is 10.4. The van der Waals surface area contributed by atoms with Gasteiger partial charge in [-0.2, -0.15) is 0 Å². The van der Waals surface area contributed by atoms with Crippen LogP contribution in [0.1, 0.15) is 64.5 Å². The van der Waals surface area contributed by atoms with E-state index in [1.807, 2.05) is 51.1 Å². The van der Waals surface area contributed by atoms with Crippen LogP contribution in [-0.2, 0) is 9.59 Å². The zero-order valence-corrected chi connectivity index (χ0v) is 13.9. The third-order valence-electron chi connectivity index (χ3n) is 4.39. The number of carbonyl (C=O) groups is 2. The Labute approximate surface area is 133 Å². The number of Topliss-reactive ketones (excluding diaryl/α,β-unsaturated/α-hetero) is 1. The minimum atomic E-state index is -0.546. The molecule has 1 saturated carbocycles. The Bertz CT molecular complexity index is 510. The van der Waals surface area contributed by atoms with Crippen molar-refractivity contribution >= 4 is 11.7 Å². The molecule has 1 aromatic carbocycles. The lowest BCUT2D eigenvalue weighted by Gasteiger charge is -2.26. The van der Waals surface area contributed by atoms with Gasteiger partial charge in [0, 0.05) is 11.8 Å². The van der Waals surface area contributed by atoms with Crippen LogP contribution < -0.4 is 5.32 Å². The molecular weight excluding hydrogens is 274 g/mol. The summed E-state index contributed by atoms with van der Waals surface area (Å²) in [6.07, 6.45) is 5.26. The van der Waals surface area contributed by atoms with Crippen molar-refractivity contribution in [2.45, 2.75) is 58.9 Å². The van der Waals surface area contributed by atoms with Crippen LogP contribution in [0.3, 0.4) is 0 Å². The van der Waals surface area contributed by atoms with E-state index in [-0.39, 0.29) is 11.7 Å². The Balaban J connectivity index is 2.10. The number of hydrogen-bond donors (Lipinski definition) is 1. The van der Waals surface area contributed by atoms with Gasteiger partial charge in [-0.25, -0.2) is 0 Å². The van der Waals surface area contributed by atoms with Gasteiger partial charge >= 0.3 is 0 Å². The standard InChI is InChI=1S/C19H27NO2/c1-19(2,3)18(22)17(15-11-5-4-6-12-15)20-16(21)13-14-9-7-8-10-14/h4-6,11-12,14,17H,7-10,13H2,1-3H3,(H,20,21)/t17-/m1/s1. The highest BCUT2D eigenvalue weighted by molar-refractivity contribution is 5.93. The molecule has 1 aromatic rings. The van der Waals surface area contributed by atoms with Crippen molar-refractivity contribution in [3.8, 4) is 0 Å². The smallest absolute Gasteiger partial charge is 0.221 e. The minimum absolute atomic E-state index is 0.00152. The molecule has 3 heteroatoms. The first-order valence-electron chi connectivity index (χ1n) is 8.26. The summed E-state index contributed by atoms with van der Waals surface area (Å²) < 4.78 is 0. The molecule has 1 amide bonds.